The number of amides is 1. The van der Waals surface area contributed by atoms with Gasteiger partial charge in [0.1, 0.15) is 6.04 Å². The summed E-state index contributed by atoms with van der Waals surface area (Å²) >= 11 is 0. The molecule has 8 nitrogen and oxygen atoms in total. The number of carboxylic acid groups (broad SMARTS) is 1. The van der Waals surface area contributed by atoms with E-state index < -0.39 is 42.0 Å². The minimum atomic E-state index is -2.09. The molecule has 0 saturated carbocycles. The minimum Gasteiger partial charge on any atom is -0.480 e. The van der Waals surface area contributed by atoms with E-state index in [-0.39, 0.29) is 0 Å². The lowest BCUT2D eigenvalue weighted by molar-refractivity contribution is -0.161. The van der Waals surface area contributed by atoms with E-state index in [1.807, 2.05) is 5.32 Å². The molecule has 8 heteroatoms. The molecule has 0 radical (unpaired) electrons. The van der Waals surface area contributed by atoms with Gasteiger partial charge in [-0.25, -0.2) is 9.59 Å². The van der Waals surface area contributed by atoms with Gasteiger partial charge in [0.05, 0.1) is 7.11 Å². The molecule has 0 heterocycles. The van der Waals surface area contributed by atoms with Crippen molar-refractivity contribution < 1.29 is 34.4 Å². The highest BCUT2D eigenvalue weighted by atomic mass is 16.5. The van der Waals surface area contributed by atoms with Crippen molar-refractivity contribution in [3.05, 3.63) is 0 Å². The molecule has 0 aliphatic carbocycles. The van der Waals surface area contributed by atoms with Gasteiger partial charge < -0.3 is 25.4 Å². The highest BCUT2D eigenvalue weighted by Gasteiger charge is 2.34. The van der Waals surface area contributed by atoms with Gasteiger partial charge in [-0.2, -0.15) is 0 Å². The fraction of sp³-hybridized carbons (Fsp3) is 0.700. The van der Waals surface area contributed by atoms with Gasteiger partial charge in [-0.1, -0.05) is 13.8 Å². The Morgan fingerprint density at radius 2 is 1.61 bits per heavy atom. The van der Waals surface area contributed by atoms with Crippen LogP contribution in [-0.2, 0) is 19.1 Å². The molecule has 0 fully saturated rings. The Labute approximate surface area is 104 Å². The number of carbonyl (C=O) groups is 3. The quantitative estimate of drug-likeness (QED) is 0.411. The van der Waals surface area contributed by atoms with Crippen molar-refractivity contribution in [1.29, 1.82) is 0 Å². The molecule has 0 aromatic heterocycles. The number of methoxy groups -OCH3 is 1. The van der Waals surface area contributed by atoms with Crippen LogP contribution >= 0.6 is 0 Å². The molecular formula is C10H17NO7. The zero-order chi connectivity index (χ0) is 14.5. The molecule has 18 heavy (non-hydrogen) atoms. The van der Waals surface area contributed by atoms with E-state index >= 15 is 0 Å². The average molecular weight is 263 g/mol. The first-order chi connectivity index (χ1) is 8.22. The fourth-order valence-corrected chi connectivity index (χ4v) is 1.15. The maximum absolute atomic E-state index is 11.4. The first-order valence-corrected chi connectivity index (χ1v) is 5.19. The molecular weight excluding hydrogens is 246 g/mol. The number of esters is 1. The molecule has 0 aliphatic heterocycles. The maximum Gasteiger partial charge on any atom is 0.338 e. The maximum atomic E-state index is 11.4. The van der Waals surface area contributed by atoms with Gasteiger partial charge in [-0.05, 0) is 5.92 Å². The summed E-state index contributed by atoms with van der Waals surface area (Å²) in [7, 11) is 0.977. The summed E-state index contributed by atoms with van der Waals surface area (Å²) in [6.45, 7) is 3.12. The third-order valence-corrected chi connectivity index (χ3v) is 2.24. The number of aliphatic carboxylic acids is 1. The van der Waals surface area contributed by atoms with E-state index in [0.717, 1.165) is 7.11 Å². The molecule has 3 atom stereocenters. The van der Waals surface area contributed by atoms with Gasteiger partial charge in [-0.15, -0.1) is 0 Å². The van der Waals surface area contributed by atoms with E-state index in [1.165, 1.54) is 0 Å². The molecule has 3 unspecified atom stereocenters. The monoisotopic (exact) mass is 263 g/mol. The van der Waals surface area contributed by atoms with E-state index in [2.05, 4.69) is 4.74 Å². The van der Waals surface area contributed by atoms with Crippen molar-refractivity contribution in [1.82, 2.24) is 5.32 Å². The summed E-state index contributed by atoms with van der Waals surface area (Å²) in [6, 6.07) is -1.23. The van der Waals surface area contributed by atoms with E-state index in [9.17, 15) is 24.6 Å². The van der Waals surface area contributed by atoms with Crippen LogP contribution in [0.15, 0.2) is 0 Å². The van der Waals surface area contributed by atoms with Crippen molar-refractivity contribution >= 4 is 17.8 Å². The second-order valence-corrected chi connectivity index (χ2v) is 3.98. The number of carboxylic acids is 1. The number of hydrogen-bond acceptors (Lipinski definition) is 6. The van der Waals surface area contributed by atoms with E-state index in [0.29, 0.717) is 0 Å². The minimum absolute atomic E-state index is 0.422. The number of aliphatic hydroxyl groups excluding tert-OH is 2. The Morgan fingerprint density at radius 1 is 1.11 bits per heavy atom. The molecule has 104 valence electrons. The van der Waals surface area contributed by atoms with Crippen molar-refractivity contribution in [2.75, 3.05) is 7.11 Å². The first-order valence-electron chi connectivity index (χ1n) is 5.19. The molecule has 0 aliphatic rings. The summed E-state index contributed by atoms with van der Waals surface area (Å²) < 4.78 is 4.14. The molecule has 0 aromatic rings. The number of carbonyl (C=O) groups excluding carboxylic acids is 2. The average Bonchev–Trinajstić information content (AvgIpc) is 2.31. The van der Waals surface area contributed by atoms with Crippen LogP contribution in [0.3, 0.4) is 0 Å². The lowest BCUT2D eigenvalue weighted by Gasteiger charge is -2.21. The van der Waals surface area contributed by atoms with Crippen LogP contribution in [0.25, 0.3) is 0 Å². The van der Waals surface area contributed by atoms with Crippen LogP contribution < -0.4 is 5.32 Å². The van der Waals surface area contributed by atoms with Gasteiger partial charge in [0, 0.05) is 0 Å². The number of aliphatic hydroxyl groups is 2. The Kier molecular flexibility index (Phi) is 6.28. The van der Waals surface area contributed by atoms with Crippen LogP contribution in [0.2, 0.25) is 0 Å². The second-order valence-electron chi connectivity index (χ2n) is 3.98. The number of rotatable bonds is 6. The third-order valence-electron chi connectivity index (χ3n) is 2.24. The van der Waals surface area contributed by atoms with Gasteiger partial charge in [-0.3, -0.25) is 4.79 Å². The summed E-state index contributed by atoms with van der Waals surface area (Å²) in [4.78, 5) is 33.1. The molecule has 0 aromatic carbocycles. The summed E-state index contributed by atoms with van der Waals surface area (Å²) in [5.41, 5.74) is 0. The SMILES string of the molecule is COC(=O)C(O)C(O)C(=O)NC(C(=O)O)C(C)C. The van der Waals surface area contributed by atoms with E-state index in [1.54, 1.807) is 13.8 Å². The number of hydrogen-bond donors (Lipinski definition) is 4. The second kappa shape index (κ2) is 6.92. The zero-order valence-electron chi connectivity index (χ0n) is 10.3. The van der Waals surface area contributed by atoms with Crippen molar-refractivity contribution in [3.63, 3.8) is 0 Å². The van der Waals surface area contributed by atoms with Gasteiger partial charge in [0.15, 0.2) is 12.2 Å². The van der Waals surface area contributed by atoms with E-state index in [4.69, 9.17) is 5.11 Å². The zero-order valence-corrected chi connectivity index (χ0v) is 10.3. The van der Waals surface area contributed by atoms with Gasteiger partial charge >= 0.3 is 11.9 Å². The van der Waals surface area contributed by atoms with Crippen LogP contribution in [0, 0.1) is 5.92 Å². The summed E-state index contributed by atoms with van der Waals surface area (Å²) in [5.74, 6) is -4.05. The molecule has 0 bridgehead atoms. The molecule has 0 saturated heterocycles. The standard InChI is InChI=1S/C10H17NO7/c1-4(2)5(9(15)16)11-8(14)6(12)7(13)10(17)18-3/h4-7,12-13H,1-3H3,(H,11,14)(H,15,16). The Bertz CT molecular complexity index is 328. The lowest BCUT2D eigenvalue weighted by atomic mass is 10.0. The lowest BCUT2D eigenvalue weighted by Crippen LogP contribution is -2.52. The fourth-order valence-electron chi connectivity index (χ4n) is 1.15. The van der Waals surface area contributed by atoms with Crippen LogP contribution in [0.4, 0.5) is 0 Å². The number of nitrogens with one attached hydrogen (secondary N) is 1. The smallest absolute Gasteiger partial charge is 0.338 e. The molecule has 0 spiro atoms. The molecule has 1 amide bonds. The van der Waals surface area contributed by atoms with Gasteiger partial charge in [0.25, 0.3) is 5.91 Å². The highest BCUT2D eigenvalue weighted by molar-refractivity contribution is 5.90. The predicted octanol–water partition coefficient (Wildman–Crippen LogP) is -1.89. The van der Waals surface area contributed by atoms with Crippen LogP contribution in [0.1, 0.15) is 13.8 Å². The number of ether oxygens (including phenoxy) is 1. The van der Waals surface area contributed by atoms with Crippen LogP contribution in [0.5, 0.6) is 0 Å². The normalized spacial score (nSPS) is 15.7. The Hall–Kier alpha value is -1.67. The molecule has 4 N–H and O–H groups in total. The van der Waals surface area contributed by atoms with Crippen molar-refractivity contribution in [2.45, 2.75) is 32.1 Å². The topological polar surface area (TPSA) is 133 Å². The Morgan fingerprint density at radius 3 is 1.94 bits per heavy atom. The van der Waals surface area contributed by atoms with Gasteiger partial charge in [0.2, 0.25) is 0 Å². The Balaban J connectivity index is 4.65. The summed E-state index contributed by atoms with van der Waals surface area (Å²) in [6.07, 6.45) is -4.14. The van der Waals surface area contributed by atoms with Crippen LogP contribution in [-0.4, -0.2) is 58.5 Å². The highest BCUT2D eigenvalue weighted by Crippen LogP contribution is 2.04. The van der Waals surface area contributed by atoms with Crippen molar-refractivity contribution in [3.8, 4) is 0 Å². The summed E-state index contributed by atoms with van der Waals surface area (Å²) in [5, 5.41) is 29.4. The predicted molar refractivity (Wildman–Crippen MR) is 58.4 cm³/mol. The van der Waals surface area contributed by atoms with Crippen molar-refractivity contribution in [2.24, 2.45) is 5.92 Å². The first kappa shape index (κ1) is 16.3. The third kappa shape index (κ3) is 4.30. The molecule has 0 rings (SSSR count). The largest absolute Gasteiger partial charge is 0.480 e.